The number of hydrogen-bond donors (Lipinski definition) is 1. The van der Waals surface area contributed by atoms with Crippen LogP contribution in [0.2, 0.25) is 0 Å². The van der Waals surface area contributed by atoms with Gasteiger partial charge in [-0.2, -0.15) is 0 Å². The van der Waals surface area contributed by atoms with E-state index < -0.39 is 0 Å². The van der Waals surface area contributed by atoms with Gasteiger partial charge in [-0.05, 0) is 48.7 Å². The molecule has 1 amide bonds. The summed E-state index contributed by atoms with van der Waals surface area (Å²) in [5.41, 5.74) is 3.56. The average Bonchev–Trinajstić information content (AvgIpc) is 2.74. The van der Waals surface area contributed by atoms with Gasteiger partial charge in [0.25, 0.3) is 5.91 Å². The zero-order valence-corrected chi connectivity index (χ0v) is 16.3. The van der Waals surface area contributed by atoms with Gasteiger partial charge in [-0.3, -0.25) is 4.79 Å². The summed E-state index contributed by atoms with van der Waals surface area (Å²) in [7, 11) is 0. The fraction of sp³-hybridized carbons (Fsp3) is 0.160. The molecule has 1 N–H and O–H groups in total. The van der Waals surface area contributed by atoms with Gasteiger partial charge in [-0.25, -0.2) is 0 Å². The predicted octanol–water partition coefficient (Wildman–Crippen LogP) is 5.50. The lowest BCUT2D eigenvalue weighted by molar-refractivity contribution is -0.116. The van der Waals surface area contributed by atoms with Crippen LogP contribution in [0.4, 0.5) is 0 Å². The van der Waals surface area contributed by atoms with Crippen molar-refractivity contribution in [2.24, 2.45) is 0 Å². The van der Waals surface area contributed by atoms with Crippen molar-refractivity contribution in [1.82, 2.24) is 5.32 Å². The smallest absolute Gasteiger partial charge is 0.252 e. The van der Waals surface area contributed by atoms with Crippen molar-refractivity contribution in [2.75, 3.05) is 6.61 Å². The van der Waals surface area contributed by atoms with Crippen LogP contribution in [0, 0.1) is 0 Å². The summed E-state index contributed by atoms with van der Waals surface area (Å²) < 4.78 is 5.49. The van der Waals surface area contributed by atoms with Gasteiger partial charge in [-0.1, -0.05) is 72.8 Å². The van der Waals surface area contributed by atoms with Crippen molar-refractivity contribution >= 4 is 17.6 Å². The van der Waals surface area contributed by atoms with Crippen molar-refractivity contribution in [3.8, 4) is 5.75 Å². The quantitative estimate of drug-likeness (QED) is 0.440. The van der Waals surface area contributed by atoms with Crippen LogP contribution in [0.3, 0.4) is 0 Å². The Balaban J connectivity index is 1.82. The van der Waals surface area contributed by atoms with Gasteiger partial charge in [0.15, 0.2) is 0 Å². The molecule has 0 bridgehead atoms. The van der Waals surface area contributed by atoms with Crippen LogP contribution in [0.25, 0.3) is 11.6 Å². The van der Waals surface area contributed by atoms with E-state index >= 15 is 0 Å². The number of rotatable bonds is 7. The molecule has 3 heteroatoms. The molecule has 0 radical (unpaired) electrons. The normalized spacial score (nSPS) is 12.3. The van der Waals surface area contributed by atoms with Gasteiger partial charge < -0.3 is 10.1 Å². The molecule has 0 saturated carbocycles. The Morgan fingerprint density at radius 1 is 0.929 bits per heavy atom. The van der Waals surface area contributed by atoms with E-state index in [0.29, 0.717) is 12.2 Å². The standard InChI is InChI=1S/C25H25NO2/c1-3-28-23-16-14-21(15-17-23)19(2)26-25(27)24(22-12-8-5-9-13-22)18-20-10-6-4-7-11-20/h4-19H,3H2,1-2H3,(H,26,27)/b24-18+/t19-/m0/s1. The molecule has 142 valence electrons. The van der Waals surface area contributed by atoms with E-state index in [4.69, 9.17) is 4.74 Å². The van der Waals surface area contributed by atoms with Gasteiger partial charge in [0.1, 0.15) is 5.75 Å². The maximum absolute atomic E-state index is 13.1. The molecule has 0 aliphatic rings. The maximum atomic E-state index is 13.1. The zero-order valence-electron chi connectivity index (χ0n) is 16.3. The number of ether oxygens (including phenoxy) is 1. The number of carbonyl (C=O) groups is 1. The minimum Gasteiger partial charge on any atom is -0.494 e. The highest BCUT2D eigenvalue weighted by atomic mass is 16.5. The first kappa shape index (κ1) is 19.4. The Labute approximate surface area is 166 Å². The summed E-state index contributed by atoms with van der Waals surface area (Å²) in [6, 6.07) is 27.3. The second-order valence-electron chi connectivity index (χ2n) is 6.53. The van der Waals surface area contributed by atoms with Crippen LogP contribution in [-0.2, 0) is 4.79 Å². The Morgan fingerprint density at radius 3 is 2.14 bits per heavy atom. The van der Waals surface area contributed by atoms with Crippen molar-refractivity contribution in [3.63, 3.8) is 0 Å². The molecule has 0 aromatic heterocycles. The third-order valence-electron chi connectivity index (χ3n) is 4.48. The first-order valence-electron chi connectivity index (χ1n) is 9.53. The van der Waals surface area contributed by atoms with E-state index in [1.165, 1.54) is 0 Å². The van der Waals surface area contributed by atoms with Crippen molar-refractivity contribution < 1.29 is 9.53 Å². The number of amides is 1. The number of hydrogen-bond acceptors (Lipinski definition) is 2. The highest BCUT2D eigenvalue weighted by Gasteiger charge is 2.16. The SMILES string of the molecule is CCOc1ccc([C@H](C)NC(=O)/C(=C/c2ccccc2)c2ccccc2)cc1. The molecular formula is C25H25NO2. The number of nitrogens with one attached hydrogen (secondary N) is 1. The van der Waals surface area contributed by atoms with E-state index in [9.17, 15) is 4.79 Å². The predicted molar refractivity (Wildman–Crippen MR) is 115 cm³/mol. The zero-order chi connectivity index (χ0) is 19.8. The summed E-state index contributed by atoms with van der Waals surface area (Å²) in [5.74, 6) is 0.732. The Hall–Kier alpha value is -3.33. The van der Waals surface area contributed by atoms with Crippen LogP contribution in [0.5, 0.6) is 5.75 Å². The summed E-state index contributed by atoms with van der Waals surface area (Å²) in [6.07, 6.45) is 1.93. The summed E-state index contributed by atoms with van der Waals surface area (Å²) >= 11 is 0. The first-order chi connectivity index (χ1) is 13.7. The minimum atomic E-state index is -0.119. The van der Waals surface area contributed by atoms with Crippen LogP contribution in [0.1, 0.15) is 36.6 Å². The summed E-state index contributed by atoms with van der Waals surface area (Å²) in [4.78, 5) is 13.1. The molecule has 0 unspecified atom stereocenters. The maximum Gasteiger partial charge on any atom is 0.252 e. The lowest BCUT2D eigenvalue weighted by atomic mass is 10.0. The Kier molecular flexibility index (Phi) is 6.64. The topological polar surface area (TPSA) is 38.3 Å². The molecule has 0 aliphatic heterocycles. The summed E-state index contributed by atoms with van der Waals surface area (Å²) in [6.45, 7) is 4.58. The highest BCUT2D eigenvalue weighted by Crippen LogP contribution is 2.22. The molecule has 3 aromatic carbocycles. The number of carbonyl (C=O) groups excluding carboxylic acids is 1. The molecule has 28 heavy (non-hydrogen) atoms. The molecule has 0 aliphatic carbocycles. The van der Waals surface area contributed by atoms with E-state index in [1.807, 2.05) is 105 Å². The van der Waals surface area contributed by atoms with Gasteiger partial charge in [0.2, 0.25) is 0 Å². The second-order valence-corrected chi connectivity index (χ2v) is 6.53. The molecule has 0 fully saturated rings. The van der Waals surface area contributed by atoms with E-state index in [0.717, 1.165) is 22.4 Å². The van der Waals surface area contributed by atoms with E-state index in [2.05, 4.69) is 5.32 Å². The van der Waals surface area contributed by atoms with Gasteiger partial charge in [0.05, 0.1) is 12.6 Å². The second kappa shape index (κ2) is 9.56. The molecule has 1 atom stereocenters. The Morgan fingerprint density at radius 2 is 1.54 bits per heavy atom. The molecule has 0 saturated heterocycles. The monoisotopic (exact) mass is 371 g/mol. The molecule has 3 aromatic rings. The number of benzene rings is 3. The summed E-state index contributed by atoms with van der Waals surface area (Å²) in [5, 5.41) is 3.12. The third-order valence-corrected chi connectivity index (χ3v) is 4.48. The Bertz CT molecular complexity index is 916. The largest absolute Gasteiger partial charge is 0.494 e. The van der Waals surface area contributed by atoms with Crippen LogP contribution >= 0.6 is 0 Å². The van der Waals surface area contributed by atoms with E-state index in [1.54, 1.807) is 0 Å². The van der Waals surface area contributed by atoms with Gasteiger partial charge in [-0.15, -0.1) is 0 Å². The molecular weight excluding hydrogens is 346 g/mol. The molecule has 0 heterocycles. The van der Waals surface area contributed by atoms with Crippen molar-refractivity contribution in [3.05, 3.63) is 102 Å². The van der Waals surface area contributed by atoms with E-state index in [-0.39, 0.29) is 11.9 Å². The average molecular weight is 371 g/mol. The van der Waals surface area contributed by atoms with Crippen LogP contribution in [0.15, 0.2) is 84.9 Å². The van der Waals surface area contributed by atoms with Crippen molar-refractivity contribution in [2.45, 2.75) is 19.9 Å². The van der Waals surface area contributed by atoms with Crippen molar-refractivity contribution in [1.29, 1.82) is 0 Å². The lowest BCUT2D eigenvalue weighted by Crippen LogP contribution is -2.27. The fourth-order valence-corrected chi connectivity index (χ4v) is 2.99. The molecule has 3 rings (SSSR count). The van der Waals surface area contributed by atoms with Crippen LogP contribution in [-0.4, -0.2) is 12.5 Å². The van der Waals surface area contributed by atoms with Gasteiger partial charge in [0, 0.05) is 5.57 Å². The fourth-order valence-electron chi connectivity index (χ4n) is 2.99. The third kappa shape index (κ3) is 5.10. The highest BCUT2D eigenvalue weighted by molar-refractivity contribution is 6.24. The first-order valence-corrected chi connectivity index (χ1v) is 9.53. The molecule has 3 nitrogen and oxygen atoms in total. The van der Waals surface area contributed by atoms with Crippen LogP contribution < -0.4 is 10.1 Å². The van der Waals surface area contributed by atoms with Gasteiger partial charge >= 0.3 is 0 Å². The lowest BCUT2D eigenvalue weighted by Gasteiger charge is -2.17. The minimum absolute atomic E-state index is 0.101. The molecule has 0 spiro atoms.